The molecule has 2 rings (SSSR count). The summed E-state index contributed by atoms with van der Waals surface area (Å²) in [5, 5.41) is 23.2. The number of carbonyl (C=O) groups is 1. The van der Waals surface area contributed by atoms with E-state index in [1.54, 1.807) is 20.2 Å². The lowest BCUT2D eigenvalue weighted by molar-refractivity contribution is -0.164. The number of aliphatic carboxylic acids is 1. The summed E-state index contributed by atoms with van der Waals surface area (Å²) in [6.45, 7) is 1.72. The van der Waals surface area contributed by atoms with Crippen LogP contribution in [0.2, 0.25) is 0 Å². The number of rotatable bonds is 1. The predicted molar refractivity (Wildman–Crippen MR) is 47.6 cm³/mol. The molecule has 0 aromatic carbocycles. The molecule has 1 aromatic rings. The van der Waals surface area contributed by atoms with E-state index in [4.69, 9.17) is 5.11 Å². The van der Waals surface area contributed by atoms with Crippen molar-refractivity contribution in [2.24, 2.45) is 13.0 Å². The maximum atomic E-state index is 11.0. The molecule has 5 nitrogen and oxygen atoms in total. The van der Waals surface area contributed by atoms with Crippen molar-refractivity contribution >= 4 is 5.97 Å². The quantitative estimate of drug-likeness (QED) is 0.656. The van der Waals surface area contributed by atoms with Gasteiger partial charge in [0.15, 0.2) is 5.60 Å². The molecule has 0 radical (unpaired) electrons. The van der Waals surface area contributed by atoms with Crippen LogP contribution in [0.3, 0.4) is 0 Å². The standard InChI is InChI=1S/C9H12N2O3/c1-5-3-7-6(4-11(2)10-7)9(5,14)8(12)13/h4-5,14H,3H2,1-2H3,(H,12,13). The molecule has 0 spiro atoms. The summed E-state index contributed by atoms with van der Waals surface area (Å²) >= 11 is 0. The van der Waals surface area contributed by atoms with Crippen LogP contribution in [0.1, 0.15) is 18.2 Å². The first kappa shape index (κ1) is 9.21. The minimum Gasteiger partial charge on any atom is -0.479 e. The van der Waals surface area contributed by atoms with Crippen LogP contribution in [0, 0.1) is 5.92 Å². The molecule has 76 valence electrons. The lowest BCUT2D eigenvalue weighted by Gasteiger charge is -2.22. The Kier molecular flexibility index (Phi) is 1.69. The first-order valence-electron chi connectivity index (χ1n) is 4.45. The van der Waals surface area contributed by atoms with E-state index in [1.165, 1.54) is 4.68 Å². The van der Waals surface area contributed by atoms with Crippen molar-refractivity contribution in [3.8, 4) is 0 Å². The Balaban J connectivity index is 2.57. The van der Waals surface area contributed by atoms with Gasteiger partial charge >= 0.3 is 5.97 Å². The number of hydrogen-bond acceptors (Lipinski definition) is 3. The van der Waals surface area contributed by atoms with Gasteiger partial charge in [0.25, 0.3) is 0 Å². The second-order valence-electron chi connectivity index (χ2n) is 3.84. The Hall–Kier alpha value is -1.36. The molecule has 1 heterocycles. The zero-order valence-electron chi connectivity index (χ0n) is 8.06. The molecule has 0 bridgehead atoms. The Bertz CT molecular complexity index is 399. The van der Waals surface area contributed by atoms with Gasteiger partial charge in [0.2, 0.25) is 0 Å². The van der Waals surface area contributed by atoms with E-state index in [-0.39, 0.29) is 5.92 Å². The second-order valence-corrected chi connectivity index (χ2v) is 3.84. The summed E-state index contributed by atoms with van der Waals surface area (Å²) in [6, 6.07) is 0. The maximum absolute atomic E-state index is 11.0. The Morgan fingerprint density at radius 1 is 1.79 bits per heavy atom. The van der Waals surface area contributed by atoms with Gasteiger partial charge in [0.05, 0.1) is 5.69 Å². The predicted octanol–water partition coefficient (Wildman–Crippen LogP) is -0.115. The van der Waals surface area contributed by atoms with Gasteiger partial charge in [-0.25, -0.2) is 4.79 Å². The topological polar surface area (TPSA) is 75.3 Å². The average Bonchev–Trinajstić information content (AvgIpc) is 2.53. The van der Waals surface area contributed by atoms with Gasteiger partial charge in [0, 0.05) is 24.7 Å². The average molecular weight is 196 g/mol. The number of nitrogens with zero attached hydrogens (tertiary/aromatic N) is 2. The summed E-state index contributed by atoms with van der Waals surface area (Å²) in [4.78, 5) is 11.0. The molecule has 2 unspecified atom stereocenters. The van der Waals surface area contributed by atoms with Crippen LogP contribution < -0.4 is 0 Å². The number of aromatic nitrogens is 2. The lowest BCUT2D eigenvalue weighted by atomic mass is 9.89. The van der Waals surface area contributed by atoms with Crippen molar-refractivity contribution in [2.75, 3.05) is 0 Å². The van der Waals surface area contributed by atoms with Crippen molar-refractivity contribution in [3.05, 3.63) is 17.5 Å². The van der Waals surface area contributed by atoms with Gasteiger partial charge in [-0.1, -0.05) is 6.92 Å². The van der Waals surface area contributed by atoms with Crippen molar-refractivity contribution in [2.45, 2.75) is 18.9 Å². The van der Waals surface area contributed by atoms with Crippen LogP contribution >= 0.6 is 0 Å². The zero-order valence-corrected chi connectivity index (χ0v) is 8.06. The molecule has 0 saturated heterocycles. The van der Waals surface area contributed by atoms with Crippen LogP contribution in [-0.4, -0.2) is 26.0 Å². The van der Waals surface area contributed by atoms with E-state index in [0.29, 0.717) is 17.7 Å². The minimum atomic E-state index is -1.76. The minimum absolute atomic E-state index is 0.321. The van der Waals surface area contributed by atoms with E-state index in [2.05, 4.69) is 5.10 Å². The number of hydrogen-bond donors (Lipinski definition) is 2. The third kappa shape index (κ3) is 0.928. The third-order valence-corrected chi connectivity index (χ3v) is 2.85. The Labute approximate surface area is 81.0 Å². The van der Waals surface area contributed by atoms with Gasteiger partial charge in [-0.2, -0.15) is 5.10 Å². The molecule has 0 saturated carbocycles. The van der Waals surface area contributed by atoms with E-state index in [9.17, 15) is 9.90 Å². The van der Waals surface area contributed by atoms with Crippen LogP contribution in [0.25, 0.3) is 0 Å². The van der Waals surface area contributed by atoms with Crippen LogP contribution in [-0.2, 0) is 23.9 Å². The van der Waals surface area contributed by atoms with Gasteiger partial charge < -0.3 is 10.2 Å². The highest BCUT2D eigenvalue weighted by Crippen LogP contribution is 2.40. The molecule has 14 heavy (non-hydrogen) atoms. The SMILES string of the molecule is CC1Cc2nn(C)cc2C1(O)C(=O)O. The van der Waals surface area contributed by atoms with Gasteiger partial charge in [-0.05, 0) is 6.42 Å². The summed E-state index contributed by atoms with van der Waals surface area (Å²) in [6.07, 6.45) is 2.09. The fraction of sp³-hybridized carbons (Fsp3) is 0.556. The third-order valence-electron chi connectivity index (χ3n) is 2.85. The smallest absolute Gasteiger partial charge is 0.340 e. The maximum Gasteiger partial charge on any atom is 0.340 e. The van der Waals surface area contributed by atoms with Gasteiger partial charge in [-0.15, -0.1) is 0 Å². The highest BCUT2D eigenvalue weighted by atomic mass is 16.4. The highest BCUT2D eigenvalue weighted by Gasteiger charge is 2.51. The van der Waals surface area contributed by atoms with E-state index < -0.39 is 11.6 Å². The normalized spacial score (nSPS) is 30.4. The van der Waals surface area contributed by atoms with Crippen molar-refractivity contribution in [1.82, 2.24) is 9.78 Å². The molecule has 0 fully saturated rings. The molecule has 0 amide bonds. The first-order valence-corrected chi connectivity index (χ1v) is 4.45. The Morgan fingerprint density at radius 2 is 2.43 bits per heavy atom. The largest absolute Gasteiger partial charge is 0.479 e. The molecular weight excluding hydrogens is 184 g/mol. The summed E-state index contributed by atoms with van der Waals surface area (Å²) in [7, 11) is 1.71. The van der Waals surface area contributed by atoms with Crippen molar-refractivity contribution in [3.63, 3.8) is 0 Å². The number of aryl methyl sites for hydroxylation is 1. The monoisotopic (exact) mass is 196 g/mol. The van der Waals surface area contributed by atoms with E-state index in [1.807, 2.05) is 0 Å². The molecule has 0 aliphatic heterocycles. The lowest BCUT2D eigenvalue weighted by Crippen LogP contribution is -2.38. The van der Waals surface area contributed by atoms with Crippen molar-refractivity contribution < 1.29 is 15.0 Å². The summed E-state index contributed by atoms with van der Waals surface area (Å²) in [5.74, 6) is -1.52. The van der Waals surface area contributed by atoms with Crippen molar-refractivity contribution in [1.29, 1.82) is 0 Å². The van der Waals surface area contributed by atoms with E-state index in [0.717, 1.165) is 0 Å². The Morgan fingerprint density at radius 3 is 3.00 bits per heavy atom. The van der Waals surface area contributed by atoms with Gasteiger partial charge in [-0.3, -0.25) is 4.68 Å². The molecule has 5 heteroatoms. The summed E-state index contributed by atoms with van der Waals surface area (Å²) in [5.41, 5.74) is -0.645. The number of carboxylic acid groups (broad SMARTS) is 1. The molecule has 2 atom stereocenters. The molecule has 2 N–H and O–H groups in total. The second kappa shape index (κ2) is 2.57. The first-order chi connectivity index (χ1) is 6.46. The van der Waals surface area contributed by atoms with Crippen LogP contribution in [0.4, 0.5) is 0 Å². The molecular formula is C9H12N2O3. The molecule has 1 aliphatic rings. The van der Waals surface area contributed by atoms with Crippen LogP contribution in [0.5, 0.6) is 0 Å². The molecule has 1 aromatic heterocycles. The van der Waals surface area contributed by atoms with Crippen LogP contribution in [0.15, 0.2) is 6.20 Å². The number of carboxylic acids is 1. The van der Waals surface area contributed by atoms with Gasteiger partial charge in [0.1, 0.15) is 0 Å². The number of fused-ring (bicyclic) bond motifs is 1. The highest BCUT2D eigenvalue weighted by molar-refractivity contribution is 5.81. The zero-order chi connectivity index (χ0) is 10.5. The fourth-order valence-corrected chi connectivity index (χ4v) is 2.03. The fourth-order valence-electron chi connectivity index (χ4n) is 2.03. The number of aliphatic hydroxyl groups is 1. The molecule has 1 aliphatic carbocycles. The van der Waals surface area contributed by atoms with E-state index >= 15 is 0 Å². The summed E-state index contributed by atoms with van der Waals surface area (Å²) < 4.78 is 1.53.